The number of hydrogen-bond acceptors (Lipinski definition) is 5. The summed E-state index contributed by atoms with van der Waals surface area (Å²) in [5, 5.41) is 0.628. The van der Waals surface area contributed by atoms with E-state index in [0.717, 1.165) is 12.3 Å². The molecule has 1 amide bonds. The van der Waals surface area contributed by atoms with Crippen molar-refractivity contribution in [1.29, 1.82) is 0 Å². The zero-order chi connectivity index (χ0) is 16.4. The quantitative estimate of drug-likeness (QED) is 0.802. The van der Waals surface area contributed by atoms with Gasteiger partial charge >= 0.3 is 0 Å². The maximum atomic E-state index is 12.6. The van der Waals surface area contributed by atoms with Crippen LogP contribution in [0.3, 0.4) is 0 Å². The number of sulfonamides is 1. The Kier molecular flexibility index (Phi) is 5.17. The van der Waals surface area contributed by atoms with E-state index in [-0.39, 0.29) is 10.1 Å². The van der Waals surface area contributed by atoms with Crippen molar-refractivity contribution in [3.63, 3.8) is 0 Å². The fourth-order valence-corrected chi connectivity index (χ4v) is 5.03. The molecule has 0 unspecified atom stereocenters. The van der Waals surface area contributed by atoms with Crippen LogP contribution in [0.15, 0.2) is 29.2 Å². The average molecular weight is 376 g/mol. The fourth-order valence-electron chi connectivity index (χ4n) is 2.66. The molecule has 2 aliphatic rings. The van der Waals surface area contributed by atoms with Crippen molar-refractivity contribution in [2.45, 2.75) is 4.90 Å². The van der Waals surface area contributed by atoms with E-state index >= 15 is 0 Å². The van der Waals surface area contributed by atoms with Gasteiger partial charge in [0.05, 0.1) is 11.6 Å². The molecular formula is C14H18ClN3O3S2. The summed E-state index contributed by atoms with van der Waals surface area (Å²) in [7, 11) is -3.48. The Morgan fingerprint density at radius 3 is 2.26 bits per heavy atom. The summed E-state index contributed by atoms with van der Waals surface area (Å²) in [5.41, 5.74) is 0. The Hall–Kier alpha value is -0.800. The van der Waals surface area contributed by atoms with Crippen LogP contribution in [0.2, 0.25) is 5.02 Å². The maximum Gasteiger partial charge on any atom is 0.282 e. The molecule has 0 aromatic heterocycles. The SMILES string of the molecule is O=C1SCCN1CN1CCN(S(=O)(=O)c2ccc(Cl)cc2)CC1. The normalized spacial score (nSPS) is 21.1. The summed E-state index contributed by atoms with van der Waals surface area (Å²) in [6, 6.07) is 6.23. The van der Waals surface area contributed by atoms with Crippen LogP contribution in [0.4, 0.5) is 4.79 Å². The van der Waals surface area contributed by atoms with Gasteiger partial charge in [0.25, 0.3) is 5.24 Å². The van der Waals surface area contributed by atoms with Crippen LogP contribution in [0.5, 0.6) is 0 Å². The van der Waals surface area contributed by atoms with E-state index in [1.54, 1.807) is 12.1 Å². The summed E-state index contributed by atoms with van der Waals surface area (Å²) in [6.07, 6.45) is 0. The van der Waals surface area contributed by atoms with Gasteiger partial charge in [0.1, 0.15) is 0 Å². The molecular weight excluding hydrogens is 358 g/mol. The Bertz CT molecular complexity index is 673. The molecule has 0 N–H and O–H groups in total. The number of nitrogens with zero attached hydrogens (tertiary/aromatic N) is 3. The summed E-state index contributed by atoms with van der Waals surface area (Å²) < 4.78 is 26.7. The predicted molar refractivity (Wildman–Crippen MR) is 91.2 cm³/mol. The van der Waals surface area contributed by atoms with Crippen LogP contribution in [0.1, 0.15) is 0 Å². The number of rotatable bonds is 4. The maximum absolute atomic E-state index is 12.6. The van der Waals surface area contributed by atoms with Gasteiger partial charge in [0.2, 0.25) is 10.0 Å². The first-order valence-corrected chi connectivity index (χ1v) is 10.2. The van der Waals surface area contributed by atoms with Crippen LogP contribution in [-0.2, 0) is 10.0 Å². The Labute approximate surface area is 145 Å². The van der Waals surface area contributed by atoms with E-state index in [4.69, 9.17) is 11.6 Å². The van der Waals surface area contributed by atoms with Gasteiger partial charge in [-0.1, -0.05) is 23.4 Å². The van der Waals surface area contributed by atoms with E-state index < -0.39 is 10.0 Å². The molecule has 1 aromatic carbocycles. The van der Waals surface area contributed by atoms with E-state index in [1.165, 1.54) is 28.2 Å². The standard InChI is InChI=1S/C14H18ClN3O3S2/c15-12-1-3-13(4-2-12)23(20,21)18-7-5-16(6-8-18)11-17-9-10-22-14(17)19/h1-4H,5-11H2. The highest BCUT2D eigenvalue weighted by molar-refractivity contribution is 8.13. The van der Waals surface area contributed by atoms with Crippen LogP contribution in [0, 0.1) is 0 Å². The third kappa shape index (κ3) is 3.83. The molecule has 0 atom stereocenters. The zero-order valence-electron chi connectivity index (χ0n) is 12.5. The highest BCUT2D eigenvalue weighted by Crippen LogP contribution is 2.21. The molecule has 2 aliphatic heterocycles. The fraction of sp³-hybridized carbons (Fsp3) is 0.500. The van der Waals surface area contributed by atoms with Crippen LogP contribution in [0.25, 0.3) is 0 Å². The molecule has 6 nitrogen and oxygen atoms in total. The Balaban J connectivity index is 1.59. The molecule has 0 aliphatic carbocycles. The lowest BCUT2D eigenvalue weighted by Gasteiger charge is -2.35. The van der Waals surface area contributed by atoms with E-state index in [2.05, 4.69) is 4.90 Å². The molecule has 0 spiro atoms. The number of piperazine rings is 1. The summed E-state index contributed by atoms with van der Waals surface area (Å²) >= 11 is 7.15. The van der Waals surface area contributed by atoms with Crippen molar-refractivity contribution in [2.75, 3.05) is 45.1 Å². The predicted octanol–water partition coefficient (Wildman–Crippen LogP) is 1.77. The monoisotopic (exact) mass is 375 g/mol. The van der Waals surface area contributed by atoms with Crippen molar-refractivity contribution >= 4 is 38.6 Å². The van der Waals surface area contributed by atoms with Crippen LogP contribution < -0.4 is 0 Å². The second-order valence-electron chi connectivity index (χ2n) is 5.50. The van der Waals surface area contributed by atoms with Gasteiger partial charge in [-0.25, -0.2) is 8.42 Å². The van der Waals surface area contributed by atoms with Gasteiger partial charge in [0.15, 0.2) is 0 Å². The highest BCUT2D eigenvalue weighted by Gasteiger charge is 2.30. The smallest absolute Gasteiger partial charge is 0.282 e. The summed E-state index contributed by atoms with van der Waals surface area (Å²) in [5.74, 6) is 0.837. The third-order valence-electron chi connectivity index (χ3n) is 4.00. The van der Waals surface area contributed by atoms with E-state index in [0.29, 0.717) is 37.9 Å². The number of amides is 1. The zero-order valence-corrected chi connectivity index (χ0v) is 14.9. The minimum Gasteiger partial charge on any atom is -0.320 e. The first-order valence-electron chi connectivity index (χ1n) is 7.36. The van der Waals surface area contributed by atoms with Gasteiger partial charge in [0, 0.05) is 43.5 Å². The lowest BCUT2D eigenvalue weighted by atomic mass is 10.4. The number of thioether (sulfide) groups is 1. The number of benzene rings is 1. The van der Waals surface area contributed by atoms with Crippen molar-refractivity contribution in [3.8, 4) is 0 Å². The van der Waals surface area contributed by atoms with Crippen molar-refractivity contribution in [3.05, 3.63) is 29.3 Å². The molecule has 2 saturated heterocycles. The van der Waals surface area contributed by atoms with Crippen LogP contribution in [-0.4, -0.2) is 72.9 Å². The minimum absolute atomic E-state index is 0.112. The number of carbonyl (C=O) groups excluding carboxylic acids is 1. The molecule has 126 valence electrons. The molecule has 0 bridgehead atoms. The van der Waals surface area contributed by atoms with Gasteiger partial charge in [-0.3, -0.25) is 9.69 Å². The second kappa shape index (κ2) is 6.98. The molecule has 0 saturated carbocycles. The highest BCUT2D eigenvalue weighted by atomic mass is 35.5. The average Bonchev–Trinajstić information content (AvgIpc) is 2.93. The number of carbonyl (C=O) groups is 1. The molecule has 0 radical (unpaired) electrons. The summed E-state index contributed by atoms with van der Waals surface area (Å²) in [6.45, 7) is 3.47. The van der Waals surface area contributed by atoms with E-state index in [1.807, 2.05) is 4.90 Å². The van der Waals surface area contributed by atoms with Crippen molar-refractivity contribution in [2.24, 2.45) is 0 Å². The van der Waals surface area contributed by atoms with Gasteiger partial charge in [-0.15, -0.1) is 0 Å². The van der Waals surface area contributed by atoms with Crippen molar-refractivity contribution < 1.29 is 13.2 Å². The van der Waals surface area contributed by atoms with Crippen LogP contribution >= 0.6 is 23.4 Å². The Morgan fingerprint density at radius 1 is 1.04 bits per heavy atom. The first kappa shape index (κ1) is 17.0. The van der Waals surface area contributed by atoms with Gasteiger partial charge in [-0.05, 0) is 24.3 Å². The topological polar surface area (TPSA) is 60.9 Å². The third-order valence-corrected chi connectivity index (χ3v) is 7.06. The molecule has 23 heavy (non-hydrogen) atoms. The lowest BCUT2D eigenvalue weighted by Crippen LogP contribution is -2.51. The van der Waals surface area contributed by atoms with Gasteiger partial charge < -0.3 is 4.90 Å². The Morgan fingerprint density at radius 2 is 1.70 bits per heavy atom. The second-order valence-corrected chi connectivity index (χ2v) is 8.92. The summed E-state index contributed by atoms with van der Waals surface area (Å²) in [4.78, 5) is 15.8. The number of hydrogen-bond donors (Lipinski definition) is 0. The van der Waals surface area contributed by atoms with Gasteiger partial charge in [-0.2, -0.15) is 4.31 Å². The first-order chi connectivity index (χ1) is 11.0. The molecule has 2 heterocycles. The lowest BCUT2D eigenvalue weighted by molar-refractivity contribution is 0.126. The largest absolute Gasteiger partial charge is 0.320 e. The number of halogens is 1. The minimum atomic E-state index is -3.48. The molecule has 2 fully saturated rings. The van der Waals surface area contributed by atoms with E-state index in [9.17, 15) is 13.2 Å². The molecule has 3 rings (SSSR count). The van der Waals surface area contributed by atoms with Crippen molar-refractivity contribution in [1.82, 2.24) is 14.1 Å². The molecule has 9 heteroatoms. The molecule has 1 aromatic rings.